The Labute approximate surface area is 162 Å². The molecule has 3 aliphatic heterocycles. The minimum Gasteiger partial charge on any atom is -0.480 e. The predicted molar refractivity (Wildman–Crippen MR) is 95.2 cm³/mol. The lowest BCUT2D eigenvalue weighted by Gasteiger charge is -2.53. The van der Waals surface area contributed by atoms with Crippen molar-refractivity contribution in [3.05, 3.63) is 0 Å². The maximum Gasteiger partial charge on any atom is 0.329 e. The van der Waals surface area contributed by atoms with Crippen molar-refractivity contribution in [2.45, 2.75) is 29.3 Å². The van der Waals surface area contributed by atoms with Crippen molar-refractivity contribution in [2.75, 3.05) is 38.0 Å². The molecule has 10 nitrogen and oxygen atoms in total. The van der Waals surface area contributed by atoms with Gasteiger partial charge in [-0.2, -0.15) is 0 Å². The first-order chi connectivity index (χ1) is 12.4. The number of ether oxygens (including phenoxy) is 2. The molecule has 0 aromatic heterocycles. The molecule has 12 heteroatoms. The van der Waals surface area contributed by atoms with Crippen LogP contribution < -0.4 is 5.32 Å². The highest BCUT2D eigenvalue weighted by Gasteiger charge is 2.57. The molecule has 3 aliphatic rings. The number of aliphatic hydroxyl groups excluding tert-OH is 1. The Morgan fingerprint density at radius 3 is 2.81 bits per heavy atom. The Bertz CT molecular complexity index is 601. The van der Waals surface area contributed by atoms with Gasteiger partial charge >= 0.3 is 5.97 Å². The van der Waals surface area contributed by atoms with Gasteiger partial charge in [0.2, 0.25) is 11.7 Å². The van der Waals surface area contributed by atoms with E-state index in [0.717, 1.165) is 0 Å². The number of nitrogens with one attached hydrogen (secondary N) is 1. The molecule has 3 rings (SSSR count). The van der Waals surface area contributed by atoms with E-state index in [0.29, 0.717) is 24.3 Å². The van der Waals surface area contributed by atoms with Crippen LogP contribution >= 0.6 is 27.7 Å². The number of β-lactam (4-membered cyclic amide) rings is 1. The van der Waals surface area contributed by atoms with Gasteiger partial charge in [0, 0.05) is 12.3 Å². The van der Waals surface area contributed by atoms with Crippen LogP contribution in [0.4, 0.5) is 0 Å². The number of oxime groups is 1. The number of fused-ring (bicyclic) bond motifs is 1. The van der Waals surface area contributed by atoms with Crippen LogP contribution in [-0.4, -0.2) is 100 Å². The Kier molecular flexibility index (Phi) is 6.09. The van der Waals surface area contributed by atoms with E-state index in [4.69, 9.17) is 14.3 Å². The number of aliphatic carboxylic acids is 1. The van der Waals surface area contributed by atoms with Crippen molar-refractivity contribution >= 4 is 45.3 Å². The van der Waals surface area contributed by atoms with Gasteiger partial charge in [-0.25, -0.2) is 4.79 Å². The van der Waals surface area contributed by atoms with Gasteiger partial charge in [0.15, 0.2) is 6.04 Å². The average Bonchev–Trinajstić information content (AvgIpc) is 3.11. The minimum atomic E-state index is -1.21. The van der Waals surface area contributed by atoms with Gasteiger partial charge in [0.1, 0.15) is 24.2 Å². The van der Waals surface area contributed by atoms with Crippen LogP contribution in [0.15, 0.2) is 5.16 Å². The molecule has 0 aliphatic carbocycles. The summed E-state index contributed by atoms with van der Waals surface area (Å²) < 4.78 is 11.3. The molecule has 26 heavy (non-hydrogen) atoms. The number of rotatable bonds is 7. The highest BCUT2D eigenvalue weighted by Crippen LogP contribution is 2.38. The number of hydrogen-bond donors (Lipinski definition) is 3. The standard InChI is InChI=1S/C14H20BrN3O7S/c1-23-17-8(14(6-15)24-2-3-25-14)4-16-9-11(20)18-10(13(21)22)7(19)5-26-12(9)18/h7,9-10,12,16,19H,2-6H2,1H3,(H,21,22)/b17-8-/t7?,9?,10?,12-/m1/s1. The van der Waals surface area contributed by atoms with Crippen molar-refractivity contribution in [3.8, 4) is 0 Å². The van der Waals surface area contributed by atoms with Gasteiger partial charge in [0.05, 0.1) is 24.6 Å². The maximum atomic E-state index is 12.4. The fourth-order valence-electron chi connectivity index (χ4n) is 3.23. The van der Waals surface area contributed by atoms with E-state index >= 15 is 0 Å². The van der Waals surface area contributed by atoms with E-state index in [1.54, 1.807) is 0 Å². The molecule has 3 saturated heterocycles. The zero-order valence-electron chi connectivity index (χ0n) is 14.0. The van der Waals surface area contributed by atoms with Crippen molar-refractivity contribution in [2.24, 2.45) is 5.16 Å². The monoisotopic (exact) mass is 453 g/mol. The summed E-state index contributed by atoms with van der Waals surface area (Å²) in [5, 5.41) is 26.2. The molecule has 0 aromatic rings. The van der Waals surface area contributed by atoms with Gasteiger partial charge in [0.25, 0.3) is 0 Å². The Balaban J connectivity index is 1.67. The molecule has 0 saturated carbocycles. The predicted octanol–water partition coefficient (Wildman–Crippen LogP) is -1.19. The zero-order chi connectivity index (χ0) is 18.9. The van der Waals surface area contributed by atoms with Crippen LogP contribution in [0.25, 0.3) is 0 Å². The van der Waals surface area contributed by atoms with E-state index < -0.39 is 29.9 Å². The first-order valence-electron chi connectivity index (χ1n) is 7.97. The van der Waals surface area contributed by atoms with Crippen molar-refractivity contribution < 1.29 is 34.1 Å². The molecule has 4 atom stereocenters. The summed E-state index contributed by atoms with van der Waals surface area (Å²) >= 11 is 4.70. The van der Waals surface area contributed by atoms with Gasteiger partial charge in [-0.05, 0) is 0 Å². The molecular formula is C14H20BrN3O7S. The van der Waals surface area contributed by atoms with Crippen LogP contribution in [0.2, 0.25) is 0 Å². The normalized spacial score (nSPS) is 33.6. The Morgan fingerprint density at radius 1 is 1.54 bits per heavy atom. The first-order valence-corrected chi connectivity index (χ1v) is 10.1. The molecule has 0 radical (unpaired) electrons. The average molecular weight is 454 g/mol. The van der Waals surface area contributed by atoms with Crippen molar-refractivity contribution in [1.82, 2.24) is 10.2 Å². The summed E-state index contributed by atoms with van der Waals surface area (Å²) in [6.45, 7) is 1.00. The van der Waals surface area contributed by atoms with Crippen LogP contribution in [-0.2, 0) is 23.9 Å². The molecule has 0 aromatic carbocycles. The van der Waals surface area contributed by atoms with Crippen molar-refractivity contribution in [3.63, 3.8) is 0 Å². The molecular weight excluding hydrogens is 434 g/mol. The summed E-state index contributed by atoms with van der Waals surface area (Å²) in [5.41, 5.74) is 0.441. The quantitative estimate of drug-likeness (QED) is 0.188. The Morgan fingerprint density at radius 2 is 2.23 bits per heavy atom. The summed E-state index contributed by atoms with van der Waals surface area (Å²) in [5.74, 6) is -2.39. The third-order valence-corrected chi connectivity index (χ3v) is 6.61. The lowest BCUT2D eigenvalue weighted by atomic mass is 9.99. The van der Waals surface area contributed by atoms with E-state index in [2.05, 4.69) is 26.4 Å². The van der Waals surface area contributed by atoms with Crippen LogP contribution in [0.3, 0.4) is 0 Å². The first kappa shape index (κ1) is 19.8. The fourth-order valence-corrected chi connectivity index (χ4v) is 5.26. The van der Waals surface area contributed by atoms with E-state index in [1.807, 2.05) is 0 Å². The summed E-state index contributed by atoms with van der Waals surface area (Å²) in [6, 6.07) is -1.79. The number of carboxylic acids is 1. The largest absolute Gasteiger partial charge is 0.480 e. The van der Waals surface area contributed by atoms with E-state index in [9.17, 15) is 19.8 Å². The zero-order valence-corrected chi connectivity index (χ0v) is 16.4. The molecule has 1 amide bonds. The second kappa shape index (κ2) is 7.98. The van der Waals surface area contributed by atoms with E-state index in [1.165, 1.54) is 23.8 Å². The highest BCUT2D eigenvalue weighted by molar-refractivity contribution is 9.09. The number of aliphatic hydroxyl groups is 1. The van der Waals surface area contributed by atoms with Gasteiger partial charge in [-0.3, -0.25) is 10.1 Å². The number of hydrogen-bond acceptors (Lipinski definition) is 9. The third-order valence-electron chi connectivity index (χ3n) is 4.50. The molecule has 3 heterocycles. The molecule has 3 fully saturated rings. The summed E-state index contributed by atoms with van der Waals surface area (Å²) in [6.07, 6.45) is -1.08. The topological polar surface area (TPSA) is 130 Å². The van der Waals surface area contributed by atoms with Gasteiger partial charge < -0.3 is 29.4 Å². The van der Waals surface area contributed by atoms with Crippen LogP contribution in [0, 0.1) is 0 Å². The second-order valence-corrected chi connectivity index (χ2v) is 7.69. The maximum absolute atomic E-state index is 12.4. The number of carbonyl (C=O) groups is 2. The number of thioether (sulfide) groups is 1. The van der Waals surface area contributed by atoms with Crippen LogP contribution in [0.1, 0.15) is 0 Å². The van der Waals surface area contributed by atoms with Gasteiger partial charge in [-0.15, -0.1) is 11.8 Å². The second-order valence-electron chi connectivity index (χ2n) is 5.98. The molecule has 3 N–H and O–H groups in total. The highest BCUT2D eigenvalue weighted by atomic mass is 79.9. The summed E-state index contributed by atoms with van der Waals surface area (Å²) in [4.78, 5) is 29.9. The number of carbonyl (C=O) groups excluding carboxylic acids is 1. The van der Waals surface area contributed by atoms with Crippen LogP contribution in [0.5, 0.6) is 0 Å². The van der Waals surface area contributed by atoms with Crippen molar-refractivity contribution in [1.29, 1.82) is 0 Å². The molecule has 0 bridgehead atoms. The van der Waals surface area contributed by atoms with E-state index in [-0.39, 0.29) is 23.6 Å². The lowest BCUT2D eigenvalue weighted by molar-refractivity contribution is -0.167. The van der Waals surface area contributed by atoms with Gasteiger partial charge in [-0.1, -0.05) is 21.1 Å². The molecule has 0 spiro atoms. The third kappa shape index (κ3) is 3.34. The smallest absolute Gasteiger partial charge is 0.329 e. The number of alkyl halides is 1. The minimum absolute atomic E-state index is 0.168. The number of halogens is 1. The Hall–Kier alpha value is -0.920. The number of nitrogens with zero attached hydrogens (tertiary/aromatic N) is 2. The lowest BCUT2D eigenvalue weighted by Crippen LogP contribution is -2.76. The number of carboxylic acid groups (broad SMARTS) is 1. The summed E-state index contributed by atoms with van der Waals surface area (Å²) in [7, 11) is 1.41. The fraction of sp³-hybridized carbons (Fsp3) is 0.786. The molecule has 3 unspecified atom stereocenters. The number of amides is 1. The SMILES string of the molecule is CO/N=C(/CNC1C(=O)N2C(C(=O)O)C(O)CS[C@H]12)C1(CBr)OCCO1. The molecule has 146 valence electrons.